The lowest BCUT2D eigenvalue weighted by Gasteiger charge is -2.13. The molecule has 0 saturated carbocycles. The van der Waals surface area contributed by atoms with Crippen molar-refractivity contribution in [2.45, 2.75) is 19.8 Å². The summed E-state index contributed by atoms with van der Waals surface area (Å²) >= 11 is 0. The van der Waals surface area contributed by atoms with E-state index >= 15 is 0 Å². The summed E-state index contributed by atoms with van der Waals surface area (Å²) in [7, 11) is 1.88. The van der Waals surface area contributed by atoms with Crippen molar-refractivity contribution in [3.63, 3.8) is 0 Å². The largest absolute Gasteiger partial charge is 0.493 e. The average molecular weight is 233 g/mol. The van der Waals surface area contributed by atoms with Gasteiger partial charge in [0.05, 0.1) is 6.61 Å². The second kappa shape index (κ2) is 5.32. The number of hydrogen-bond acceptors (Lipinski definition) is 3. The van der Waals surface area contributed by atoms with Crippen LogP contribution in [-0.4, -0.2) is 26.0 Å². The summed E-state index contributed by atoms with van der Waals surface area (Å²) in [6.45, 7) is 3.53. The number of fused-ring (bicyclic) bond motifs is 1. The van der Waals surface area contributed by atoms with Crippen molar-refractivity contribution in [3.8, 4) is 5.75 Å². The molecule has 1 heterocycles. The minimum atomic E-state index is 0.0698. The molecule has 1 aromatic rings. The number of rotatable bonds is 5. The third kappa shape index (κ3) is 2.50. The molecule has 1 atom stereocenters. The molecule has 1 N–H and O–H groups in total. The molecular weight excluding hydrogens is 214 g/mol. The Labute approximate surface area is 102 Å². The molecule has 0 aliphatic carbocycles. The van der Waals surface area contributed by atoms with Gasteiger partial charge in [0, 0.05) is 24.4 Å². The molecular formula is C14H19NO2. The van der Waals surface area contributed by atoms with Crippen LogP contribution in [0.2, 0.25) is 0 Å². The van der Waals surface area contributed by atoms with Gasteiger partial charge in [-0.25, -0.2) is 0 Å². The molecule has 92 valence electrons. The van der Waals surface area contributed by atoms with Gasteiger partial charge >= 0.3 is 0 Å². The Balaban J connectivity index is 2.19. The highest BCUT2D eigenvalue weighted by Gasteiger charge is 2.20. The molecule has 1 aromatic carbocycles. The summed E-state index contributed by atoms with van der Waals surface area (Å²) in [5.74, 6) is 1.24. The molecule has 1 aliphatic rings. The fourth-order valence-corrected chi connectivity index (χ4v) is 2.24. The van der Waals surface area contributed by atoms with E-state index in [0.29, 0.717) is 0 Å². The first kappa shape index (κ1) is 12.1. The standard InChI is InChI=1S/C14H19NO2/c1-3-10(9-15-2)14(16)12-4-5-13-11(8-12)6-7-17-13/h4-5,8,10,15H,3,6-7,9H2,1-2H3. The number of benzene rings is 1. The maximum absolute atomic E-state index is 12.3. The van der Waals surface area contributed by atoms with Crippen molar-refractivity contribution in [2.24, 2.45) is 5.92 Å². The summed E-state index contributed by atoms with van der Waals surface area (Å²) in [5.41, 5.74) is 1.98. The Hall–Kier alpha value is -1.35. The number of ketones is 1. The predicted molar refractivity (Wildman–Crippen MR) is 67.7 cm³/mol. The van der Waals surface area contributed by atoms with Crippen molar-refractivity contribution in [2.75, 3.05) is 20.2 Å². The van der Waals surface area contributed by atoms with Crippen molar-refractivity contribution >= 4 is 5.78 Å². The van der Waals surface area contributed by atoms with Crippen LogP contribution in [0.15, 0.2) is 18.2 Å². The third-order valence-electron chi connectivity index (χ3n) is 3.29. The highest BCUT2D eigenvalue weighted by Crippen LogP contribution is 2.27. The van der Waals surface area contributed by atoms with E-state index in [2.05, 4.69) is 12.2 Å². The number of carbonyl (C=O) groups is 1. The van der Waals surface area contributed by atoms with Crippen LogP contribution in [0.25, 0.3) is 0 Å². The molecule has 0 aromatic heterocycles. The molecule has 0 radical (unpaired) electrons. The van der Waals surface area contributed by atoms with Crippen molar-refractivity contribution in [3.05, 3.63) is 29.3 Å². The van der Waals surface area contributed by atoms with E-state index in [0.717, 1.165) is 42.9 Å². The molecule has 0 spiro atoms. The molecule has 17 heavy (non-hydrogen) atoms. The van der Waals surface area contributed by atoms with Crippen LogP contribution >= 0.6 is 0 Å². The van der Waals surface area contributed by atoms with Crippen LogP contribution in [0.4, 0.5) is 0 Å². The van der Waals surface area contributed by atoms with Crippen LogP contribution < -0.4 is 10.1 Å². The first-order valence-electron chi connectivity index (χ1n) is 6.20. The second-order valence-electron chi connectivity index (χ2n) is 4.45. The molecule has 0 amide bonds. The first-order chi connectivity index (χ1) is 8.26. The van der Waals surface area contributed by atoms with Crippen LogP contribution in [0.1, 0.15) is 29.3 Å². The average Bonchev–Trinajstić information content (AvgIpc) is 2.82. The van der Waals surface area contributed by atoms with E-state index in [4.69, 9.17) is 4.74 Å². The van der Waals surface area contributed by atoms with Gasteiger partial charge in [-0.15, -0.1) is 0 Å². The highest BCUT2D eigenvalue weighted by atomic mass is 16.5. The van der Waals surface area contributed by atoms with E-state index in [1.165, 1.54) is 0 Å². The second-order valence-corrected chi connectivity index (χ2v) is 4.45. The Bertz CT molecular complexity index is 415. The van der Waals surface area contributed by atoms with E-state index in [1.54, 1.807) is 0 Å². The zero-order valence-electron chi connectivity index (χ0n) is 10.5. The zero-order chi connectivity index (χ0) is 12.3. The third-order valence-corrected chi connectivity index (χ3v) is 3.29. The normalized spacial score (nSPS) is 15.2. The summed E-state index contributed by atoms with van der Waals surface area (Å²) in [4.78, 5) is 12.3. The molecule has 1 unspecified atom stereocenters. The monoisotopic (exact) mass is 233 g/mol. The quantitative estimate of drug-likeness (QED) is 0.791. The van der Waals surface area contributed by atoms with Gasteiger partial charge in [0.2, 0.25) is 0 Å². The Morgan fingerprint density at radius 2 is 2.35 bits per heavy atom. The lowest BCUT2D eigenvalue weighted by atomic mass is 9.94. The van der Waals surface area contributed by atoms with Gasteiger partial charge < -0.3 is 10.1 Å². The van der Waals surface area contributed by atoms with Crippen LogP contribution in [0.5, 0.6) is 5.75 Å². The molecule has 3 heteroatoms. The van der Waals surface area contributed by atoms with E-state index in [1.807, 2.05) is 25.2 Å². The predicted octanol–water partition coefficient (Wildman–Crippen LogP) is 2.05. The summed E-state index contributed by atoms with van der Waals surface area (Å²) in [6, 6.07) is 5.79. The molecule has 3 nitrogen and oxygen atoms in total. The van der Waals surface area contributed by atoms with E-state index in [-0.39, 0.29) is 11.7 Å². The fraction of sp³-hybridized carbons (Fsp3) is 0.500. The molecule has 0 saturated heterocycles. The first-order valence-corrected chi connectivity index (χ1v) is 6.20. The maximum Gasteiger partial charge on any atom is 0.167 e. The van der Waals surface area contributed by atoms with Crippen molar-refractivity contribution in [1.29, 1.82) is 0 Å². The van der Waals surface area contributed by atoms with Gasteiger partial charge in [-0.2, -0.15) is 0 Å². The van der Waals surface area contributed by atoms with Crippen LogP contribution in [0.3, 0.4) is 0 Å². The zero-order valence-corrected chi connectivity index (χ0v) is 10.5. The molecule has 0 fully saturated rings. The van der Waals surface area contributed by atoms with Gasteiger partial charge in [0.1, 0.15) is 5.75 Å². The minimum absolute atomic E-state index is 0.0698. The molecule has 1 aliphatic heterocycles. The Kier molecular flexibility index (Phi) is 3.79. The smallest absolute Gasteiger partial charge is 0.167 e. The number of carbonyl (C=O) groups excluding carboxylic acids is 1. The number of hydrogen-bond donors (Lipinski definition) is 1. The van der Waals surface area contributed by atoms with Crippen molar-refractivity contribution in [1.82, 2.24) is 5.32 Å². The van der Waals surface area contributed by atoms with E-state index < -0.39 is 0 Å². The summed E-state index contributed by atoms with van der Waals surface area (Å²) in [6.07, 6.45) is 1.78. The molecule has 0 bridgehead atoms. The Morgan fingerprint density at radius 3 is 3.06 bits per heavy atom. The number of ether oxygens (including phenoxy) is 1. The van der Waals surface area contributed by atoms with E-state index in [9.17, 15) is 4.79 Å². The van der Waals surface area contributed by atoms with Gasteiger partial charge in [-0.1, -0.05) is 6.92 Å². The fourth-order valence-electron chi connectivity index (χ4n) is 2.24. The minimum Gasteiger partial charge on any atom is -0.493 e. The Morgan fingerprint density at radius 1 is 1.53 bits per heavy atom. The maximum atomic E-state index is 12.3. The van der Waals surface area contributed by atoms with Gasteiger partial charge in [0.25, 0.3) is 0 Å². The SMILES string of the molecule is CCC(CNC)C(=O)c1ccc2c(c1)CCO2. The van der Waals surface area contributed by atoms with Gasteiger partial charge in [-0.05, 0) is 37.2 Å². The highest BCUT2D eigenvalue weighted by molar-refractivity contribution is 5.98. The van der Waals surface area contributed by atoms with Gasteiger partial charge in [0.15, 0.2) is 5.78 Å². The van der Waals surface area contributed by atoms with Gasteiger partial charge in [-0.3, -0.25) is 4.79 Å². The lowest BCUT2D eigenvalue weighted by Crippen LogP contribution is -2.25. The summed E-state index contributed by atoms with van der Waals surface area (Å²) in [5, 5.41) is 3.08. The summed E-state index contributed by atoms with van der Waals surface area (Å²) < 4.78 is 5.44. The molecule has 2 rings (SSSR count). The number of nitrogens with one attached hydrogen (secondary N) is 1. The van der Waals surface area contributed by atoms with Crippen LogP contribution in [0, 0.1) is 5.92 Å². The topological polar surface area (TPSA) is 38.3 Å². The van der Waals surface area contributed by atoms with Crippen LogP contribution in [-0.2, 0) is 6.42 Å². The number of Topliss-reactive ketones (excluding diaryl/α,β-unsaturated/α-hetero) is 1. The van der Waals surface area contributed by atoms with Crippen molar-refractivity contribution < 1.29 is 9.53 Å². The lowest BCUT2D eigenvalue weighted by molar-refractivity contribution is 0.0916.